The first kappa shape index (κ1) is 12.1. The maximum Gasteiger partial charge on any atom is 0.287 e. The minimum atomic E-state index is -0.177. The first-order valence-electron chi connectivity index (χ1n) is 6.62. The van der Waals surface area contributed by atoms with Crippen LogP contribution in [0.1, 0.15) is 48.7 Å². The van der Waals surface area contributed by atoms with Crippen molar-refractivity contribution in [1.82, 2.24) is 5.32 Å². The molecule has 0 saturated heterocycles. The lowest BCUT2D eigenvalue weighted by molar-refractivity contribution is 0.0925. The first-order chi connectivity index (χ1) is 9.04. The van der Waals surface area contributed by atoms with Crippen LogP contribution in [-0.2, 0) is 0 Å². The molecule has 0 spiro atoms. The number of hydrogen-bond acceptors (Lipinski definition) is 3. The summed E-state index contributed by atoms with van der Waals surface area (Å²) in [4.78, 5) is 11.9. The van der Waals surface area contributed by atoms with Crippen molar-refractivity contribution in [1.29, 1.82) is 0 Å². The zero-order chi connectivity index (χ0) is 13.6. The van der Waals surface area contributed by atoms with Crippen molar-refractivity contribution in [2.45, 2.75) is 38.6 Å². The SMILES string of the molecule is CC(C)c1cc2oc(C(=O)NC3CC3)cc2cc1O. The number of furan rings is 1. The van der Waals surface area contributed by atoms with E-state index in [-0.39, 0.29) is 17.6 Å². The molecule has 0 atom stereocenters. The molecular weight excluding hydrogens is 242 g/mol. The molecule has 1 saturated carbocycles. The molecule has 1 aliphatic rings. The Morgan fingerprint density at radius 2 is 2.11 bits per heavy atom. The number of rotatable bonds is 3. The largest absolute Gasteiger partial charge is 0.508 e. The number of hydrogen-bond donors (Lipinski definition) is 2. The Bertz CT molecular complexity index is 638. The zero-order valence-corrected chi connectivity index (χ0v) is 11.1. The molecule has 3 rings (SSSR count). The highest BCUT2D eigenvalue weighted by atomic mass is 16.3. The van der Waals surface area contributed by atoms with E-state index in [2.05, 4.69) is 5.32 Å². The van der Waals surface area contributed by atoms with Gasteiger partial charge >= 0.3 is 0 Å². The average molecular weight is 259 g/mol. The van der Waals surface area contributed by atoms with E-state index < -0.39 is 0 Å². The maximum atomic E-state index is 11.9. The van der Waals surface area contributed by atoms with Gasteiger partial charge in [0, 0.05) is 17.0 Å². The van der Waals surface area contributed by atoms with Gasteiger partial charge in [0.2, 0.25) is 0 Å². The van der Waals surface area contributed by atoms with Gasteiger partial charge in [-0.05, 0) is 37.0 Å². The second kappa shape index (κ2) is 4.30. The second-order valence-corrected chi connectivity index (χ2v) is 5.46. The van der Waals surface area contributed by atoms with E-state index in [1.165, 1.54) is 0 Å². The molecule has 4 heteroatoms. The van der Waals surface area contributed by atoms with E-state index in [1.807, 2.05) is 19.9 Å². The van der Waals surface area contributed by atoms with Crippen LogP contribution in [-0.4, -0.2) is 17.1 Å². The minimum absolute atomic E-state index is 0.177. The summed E-state index contributed by atoms with van der Waals surface area (Å²) in [7, 11) is 0. The number of phenols is 1. The van der Waals surface area contributed by atoms with Crippen molar-refractivity contribution >= 4 is 16.9 Å². The standard InChI is InChI=1S/C15H17NO3/c1-8(2)11-7-13-9(5-12(11)17)6-14(19-13)15(18)16-10-3-4-10/h5-8,10,17H,3-4H2,1-2H3,(H,16,18). The molecule has 4 nitrogen and oxygen atoms in total. The lowest BCUT2D eigenvalue weighted by Crippen LogP contribution is -2.24. The van der Waals surface area contributed by atoms with E-state index in [0.717, 1.165) is 23.8 Å². The topological polar surface area (TPSA) is 62.5 Å². The fourth-order valence-electron chi connectivity index (χ4n) is 2.15. The lowest BCUT2D eigenvalue weighted by atomic mass is 10.0. The van der Waals surface area contributed by atoms with Crippen LogP contribution in [0, 0.1) is 0 Å². The number of fused-ring (bicyclic) bond motifs is 1. The van der Waals surface area contributed by atoms with Gasteiger partial charge in [0.15, 0.2) is 5.76 Å². The van der Waals surface area contributed by atoms with Gasteiger partial charge in [0.25, 0.3) is 5.91 Å². The summed E-state index contributed by atoms with van der Waals surface area (Å²) < 4.78 is 5.58. The number of carbonyl (C=O) groups excluding carboxylic acids is 1. The Morgan fingerprint density at radius 1 is 1.37 bits per heavy atom. The molecular formula is C15H17NO3. The van der Waals surface area contributed by atoms with Crippen LogP contribution in [0.2, 0.25) is 0 Å². The Morgan fingerprint density at radius 3 is 2.74 bits per heavy atom. The van der Waals surface area contributed by atoms with Crippen molar-refractivity contribution in [3.05, 3.63) is 29.5 Å². The van der Waals surface area contributed by atoms with Crippen molar-refractivity contribution in [3.63, 3.8) is 0 Å². The van der Waals surface area contributed by atoms with Gasteiger partial charge in [-0.25, -0.2) is 0 Å². The van der Waals surface area contributed by atoms with E-state index >= 15 is 0 Å². The molecule has 2 N–H and O–H groups in total. The summed E-state index contributed by atoms with van der Waals surface area (Å²) in [6, 6.07) is 5.45. The summed E-state index contributed by atoms with van der Waals surface area (Å²) in [5, 5.41) is 13.6. The summed E-state index contributed by atoms with van der Waals surface area (Å²) in [5.74, 6) is 0.585. The van der Waals surface area contributed by atoms with Crippen LogP contribution in [0.3, 0.4) is 0 Å². The summed E-state index contributed by atoms with van der Waals surface area (Å²) in [5.41, 5.74) is 1.47. The third-order valence-corrected chi connectivity index (χ3v) is 3.42. The molecule has 1 aromatic carbocycles. The average Bonchev–Trinajstić information content (AvgIpc) is 3.05. The van der Waals surface area contributed by atoms with E-state index in [9.17, 15) is 9.90 Å². The molecule has 2 aromatic rings. The summed E-state index contributed by atoms with van der Waals surface area (Å²) in [6.45, 7) is 4.01. The van der Waals surface area contributed by atoms with Crippen LogP contribution in [0.25, 0.3) is 11.0 Å². The molecule has 1 fully saturated rings. The molecule has 1 aromatic heterocycles. The highest BCUT2D eigenvalue weighted by Crippen LogP contribution is 2.32. The van der Waals surface area contributed by atoms with Crippen molar-refractivity contribution in [2.24, 2.45) is 0 Å². The van der Waals surface area contributed by atoms with Gasteiger partial charge in [0.1, 0.15) is 11.3 Å². The number of benzene rings is 1. The van der Waals surface area contributed by atoms with Gasteiger partial charge in [-0.3, -0.25) is 4.79 Å². The van der Waals surface area contributed by atoms with Crippen molar-refractivity contribution in [3.8, 4) is 5.75 Å². The van der Waals surface area contributed by atoms with Crippen LogP contribution in [0.5, 0.6) is 5.75 Å². The normalized spacial score (nSPS) is 15.1. The smallest absolute Gasteiger partial charge is 0.287 e. The third-order valence-electron chi connectivity index (χ3n) is 3.42. The van der Waals surface area contributed by atoms with Gasteiger partial charge in [-0.15, -0.1) is 0 Å². The Hall–Kier alpha value is -1.97. The highest BCUT2D eigenvalue weighted by Gasteiger charge is 2.25. The number of carbonyl (C=O) groups is 1. The second-order valence-electron chi connectivity index (χ2n) is 5.46. The fourth-order valence-corrected chi connectivity index (χ4v) is 2.15. The van der Waals surface area contributed by atoms with Crippen LogP contribution in [0.15, 0.2) is 22.6 Å². The predicted octanol–water partition coefficient (Wildman–Crippen LogP) is 3.15. The van der Waals surface area contributed by atoms with Crippen molar-refractivity contribution < 1.29 is 14.3 Å². The van der Waals surface area contributed by atoms with E-state index in [4.69, 9.17) is 4.42 Å². The highest BCUT2D eigenvalue weighted by molar-refractivity contribution is 5.96. The minimum Gasteiger partial charge on any atom is -0.508 e. The zero-order valence-electron chi connectivity index (χ0n) is 11.1. The molecule has 0 aliphatic heterocycles. The monoisotopic (exact) mass is 259 g/mol. The molecule has 100 valence electrons. The Labute approximate surface area is 111 Å². The summed E-state index contributed by atoms with van der Waals surface area (Å²) in [6.07, 6.45) is 2.09. The number of amides is 1. The van der Waals surface area contributed by atoms with Crippen LogP contribution >= 0.6 is 0 Å². The predicted molar refractivity (Wildman–Crippen MR) is 72.5 cm³/mol. The van der Waals surface area contributed by atoms with Gasteiger partial charge in [-0.1, -0.05) is 13.8 Å². The van der Waals surface area contributed by atoms with Crippen LogP contribution in [0.4, 0.5) is 0 Å². The Balaban J connectivity index is 1.97. The maximum absolute atomic E-state index is 11.9. The fraction of sp³-hybridized carbons (Fsp3) is 0.400. The van der Waals surface area contributed by atoms with Gasteiger partial charge in [-0.2, -0.15) is 0 Å². The van der Waals surface area contributed by atoms with Crippen molar-refractivity contribution in [2.75, 3.05) is 0 Å². The molecule has 0 unspecified atom stereocenters. The first-order valence-corrected chi connectivity index (χ1v) is 6.62. The van der Waals surface area contributed by atoms with E-state index in [1.54, 1.807) is 12.1 Å². The molecule has 0 radical (unpaired) electrons. The lowest BCUT2D eigenvalue weighted by Gasteiger charge is -2.07. The number of aromatic hydroxyl groups is 1. The van der Waals surface area contributed by atoms with Gasteiger partial charge in [0.05, 0.1) is 0 Å². The third kappa shape index (κ3) is 2.30. The molecule has 1 aliphatic carbocycles. The number of nitrogens with one attached hydrogen (secondary N) is 1. The molecule has 1 heterocycles. The molecule has 19 heavy (non-hydrogen) atoms. The van der Waals surface area contributed by atoms with Gasteiger partial charge < -0.3 is 14.8 Å². The number of phenolic OH excluding ortho intramolecular Hbond substituents is 1. The Kier molecular flexibility index (Phi) is 2.73. The summed E-state index contributed by atoms with van der Waals surface area (Å²) >= 11 is 0. The van der Waals surface area contributed by atoms with E-state index in [0.29, 0.717) is 17.4 Å². The van der Waals surface area contributed by atoms with Crippen LogP contribution < -0.4 is 5.32 Å². The molecule has 1 amide bonds. The molecule has 0 bridgehead atoms. The quantitative estimate of drug-likeness (QED) is 0.890.